The molecular weight excluding hydrogens is 402 g/mol. The number of amides is 2. The number of aromatic nitrogens is 1. The Morgan fingerprint density at radius 1 is 0.906 bits per heavy atom. The lowest BCUT2D eigenvalue weighted by Crippen LogP contribution is -2.22. The van der Waals surface area contributed by atoms with Crippen molar-refractivity contribution in [3.63, 3.8) is 0 Å². The minimum Gasteiger partial charge on any atom is -0.497 e. The molecule has 0 saturated carbocycles. The summed E-state index contributed by atoms with van der Waals surface area (Å²) in [5.41, 5.74) is 3.83. The summed E-state index contributed by atoms with van der Waals surface area (Å²) in [5, 5.41) is 6.43. The molecule has 1 heterocycles. The third kappa shape index (κ3) is 4.44. The first-order valence-corrected chi connectivity index (χ1v) is 10.3. The molecule has 4 aromatic rings. The molecule has 0 fully saturated rings. The zero-order valence-electron chi connectivity index (χ0n) is 17.9. The zero-order valence-corrected chi connectivity index (χ0v) is 17.9. The Morgan fingerprint density at radius 3 is 2.44 bits per heavy atom. The smallest absolute Gasteiger partial charge is 0.256 e. The number of nitrogens with one attached hydrogen (secondary N) is 2. The molecule has 0 aliphatic rings. The molecule has 1 aromatic heterocycles. The fraction of sp³-hybridized carbons (Fsp3) is 0.115. The van der Waals surface area contributed by atoms with Crippen LogP contribution in [0.25, 0.3) is 22.2 Å². The maximum atomic E-state index is 13.3. The van der Waals surface area contributed by atoms with E-state index in [1.165, 1.54) is 0 Å². The molecule has 0 aliphatic carbocycles. The minimum atomic E-state index is -0.272. The van der Waals surface area contributed by atoms with Gasteiger partial charge in [-0.15, -0.1) is 0 Å². The van der Waals surface area contributed by atoms with E-state index in [-0.39, 0.29) is 11.8 Å². The Bertz CT molecular complexity index is 1280. The largest absolute Gasteiger partial charge is 0.497 e. The van der Waals surface area contributed by atoms with E-state index >= 15 is 0 Å². The van der Waals surface area contributed by atoms with Crippen molar-refractivity contribution in [2.45, 2.75) is 6.92 Å². The molecule has 2 N–H and O–H groups in total. The first kappa shape index (κ1) is 21.1. The van der Waals surface area contributed by atoms with Gasteiger partial charge < -0.3 is 15.4 Å². The van der Waals surface area contributed by atoms with E-state index in [4.69, 9.17) is 9.72 Å². The van der Waals surface area contributed by atoms with Gasteiger partial charge in [0.25, 0.3) is 11.8 Å². The van der Waals surface area contributed by atoms with Crippen molar-refractivity contribution in [2.24, 2.45) is 0 Å². The highest BCUT2D eigenvalue weighted by molar-refractivity contribution is 6.13. The number of hydrogen-bond donors (Lipinski definition) is 2. The molecule has 6 heteroatoms. The Morgan fingerprint density at radius 2 is 1.69 bits per heavy atom. The number of fused-ring (bicyclic) bond motifs is 1. The molecule has 160 valence electrons. The molecule has 0 atom stereocenters. The number of anilines is 1. The first-order chi connectivity index (χ1) is 15.6. The number of hydrogen-bond acceptors (Lipinski definition) is 4. The van der Waals surface area contributed by atoms with Crippen LogP contribution in [-0.4, -0.2) is 30.5 Å². The number of carbonyl (C=O) groups is 2. The van der Waals surface area contributed by atoms with E-state index in [0.717, 1.165) is 22.2 Å². The van der Waals surface area contributed by atoms with Crippen LogP contribution in [0, 0.1) is 0 Å². The van der Waals surface area contributed by atoms with Gasteiger partial charge in [-0.25, -0.2) is 4.98 Å². The summed E-state index contributed by atoms with van der Waals surface area (Å²) in [6, 6.07) is 23.7. The summed E-state index contributed by atoms with van der Waals surface area (Å²) < 4.78 is 5.23. The van der Waals surface area contributed by atoms with Crippen LogP contribution in [0.1, 0.15) is 27.6 Å². The van der Waals surface area contributed by atoms with Crippen LogP contribution < -0.4 is 15.4 Å². The second-order valence-corrected chi connectivity index (χ2v) is 7.20. The van der Waals surface area contributed by atoms with Crippen molar-refractivity contribution >= 4 is 28.4 Å². The quantitative estimate of drug-likeness (QED) is 0.460. The predicted molar refractivity (Wildman–Crippen MR) is 126 cm³/mol. The summed E-state index contributed by atoms with van der Waals surface area (Å²) in [5.74, 6) is 0.297. The van der Waals surface area contributed by atoms with Crippen LogP contribution in [0.3, 0.4) is 0 Å². The van der Waals surface area contributed by atoms with Crippen molar-refractivity contribution in [3.05, 3.63) is 90.0 Å². The maximum absolute atomic E-state index is 13.3. The second-order valence-electron chi connectivity index (χ2n) is 7.20. The Hall–Kier alpha value is -4.19. The lowest BCUT2D eigenvalue weighted by atomic mass is 10.0. The highest BCUT2D eigenvalue weighted by atomic mass is 16.5. The van der Waals surface area contributed by atoms with Crippen molar-refractivity contribution in [1.82, 2.24) is 10.3 Å². The molecule has 0 saturated heterocycles. The molecular formula is C26H23N3O3. The lowest BCUT2D eigenvalue weighted by molar-refractivity contribution is 0.0954. The molecule has 0 radical (unpaired) electrons. The Balaban J connectivity index is 1.70. The average molecular weight is 425 g/mol. The molecule has 32 heavy (non-hydrogen) atoms. The molecule has 3 aromatic carbocycles. The number of benzene rings is 3. The maximum Gasteiger partial charge on any atom is 0.256 e. The van der Waals surface area contributed by atoms with Gasteiger partial charge >= 0.3 is 0 Å². The van der Waals surface area contributed by atoms with E-state index in [1.54, 1.807) is 37.4 Å². The van der Waals surface area contributed by atoms with E-state index in [2.05, 4.69) is 10.6 Å². The summed E-state index contributed by atoms with van der Waals surface area (Å²) in [7, 11) is 1.62. The van der Waals surface area contributed by atoms with Gasteiger partial charge in [0.15, 0.2) is 0 Å². The third-order valence-corrected chi connectivity index (χ3v) is 5.07. The number of nitrogens with zero attached hydrogens (tertiary/aromatic N) is 1. The molecule has 0 spiro atoms. The van der Waals surface area contributed by atoms with Crippen LogP contribution >= 0.6 is 0 Å². The summed E-state index contributed by atoms with van der Waals surface area (Å²) >= 11 is 0. The number of ether oxygens (including phenoxy) is 1. The number of carbonyl (C=O) groups excluding carboxylic acids is 2. The minimum absolute atomic E-state index is 0.181. The van der Waals surface area contributed by atoms with Gasteiger partial charge in [0.05, 0.1) is 23.9 Å². The molecule has 0 bridgehead atoms. The molecule has 4 rings (SSSR count). The Labute approximate surface area is 186 Å². The predicted octanol–water partition coefficient (Wildman–Crippen LogP) is 4.91. The van der Waals surface area contributed by atoms with Gasteiger partial charge in [-0.3, -0.25) is 9.59 Å². The van der Waals surface area contributed by atoms with Crippen LogP contribution in [0.15, 0.2) is 78.9 Å². The number of para-hydroxylation sites is 1. The second kappa shape index (κ2) is 9.31. The zero-order chi connectivity index (χ0) is 22.5. The van der Waals surface area contributed by atoms with E-state index < -0.39 is 0 Å². The summed E-state index contributed by atoms with van der Waals surface area (Å²) in [6.45, 7) is 2.39. The molecule has 2 amide bonds. The molecule has 6 nitrogen and oxygen atoms in total. The van der Waals surface area contributed by atoms with Gasteiger partial charge in [-0.05, 0) is 61.5 Å². The van der Waals surface area contributed by atoms with Crippen LogP contribution in [0.2, 0.25) is 0 Å². The first-order valence-electron chi connectivity index (χ1n) is 10.3. The van der Waals surface area contributed by atoms with Gasteiger partial charge in [-0.2, -0.15) is 0 Å². The van der Waals surface area contributed by atoms with E-state index in [9.17, 15) is 9.59 Å². The summed E-state index contributed by atoms with van der Waals surface area (Å²) in [4.78, 5) is 30.1. The van der Waals surface area contributed by atoms with Crippen molar-refractivity contribution in [3.8, 4) is 17.0 Å². The summed E-state index contributed by atoms with van der Waals surface area (Å²) in [6.07, 6.45) is 0. The van der Waals surface area contributed by atoms with Gasteiger partial charge in [0.1, 0.15) is 5.75 Å². The Kier molecular flexibility index (Phi) is 6.12. The van der Waals surface area contributed by atoms with E-state index in [0.29, 0.717) is 29.1 Å². The topological polar surface area (TPSA) is 80.3 Å². The molecule has 0 aliphatic heterocycles. The fourth-order valence-electron chi connectivity index (χ4n) is 3.47. The SMILES string of the molecule is CCNC(=O)c1cccc(NC(=O)c2cc(-c3ccc(OC)cc3)nc3ccccc23)c1. The van der Waals surface area contributed by atoms with Crippen LogP contribution in [0.5, 0.6) is 5.75 Å². The lowest BCUT2D eigenvalue weighted by Gasteiger charge is -2.12. The van der Waals surface area contributed by atoms with Gasteiger partial charge in [-0.1, -0.05) is 24.3 Å². The monoisotopic (exact) mass is 425 g/mol. The number of methoxy groups -OCH3 is 1. The fourth-order valence-corrected chi connectivity index (χ4v) is 3.47. The highest BCUT2D eigenvalue weighted by Gasteiger charge is 2.15. The standard InChI is InChI=1S/C26H23N3O3/c1-3-27-25(30)18-7-6-8-19(15-18)28-26(31)22-16-24(17-11-13-20(32-2)14-12-17)29-23-10-5-4-9-21(22)23/h4-16H,3H2,1-2H3,(H,27,30)(H,28,31). The highest BCUT2D eigenvalue weighted by Crippen LogP contribution is 2.27. The molecule has 0 unspecified atom stereocenters. The van der Waals surface area contributed by atoms with Gasteiger partial charge in [0.2, 0.25) is 0 Å². The van der Waals surface area contributed by atoms with Crippen molar-refractivity contribution < 1.29 is 14.3 Å². The number of rotatable bonds is 6. The van der Waals surface area contributed by atoms with E-state index in [1.807, 2.05) is 55.5 Å². The van der Waals surface area contributed by atoms with Crippen molar-refractivity contribution in [2.75, 3.05) is 19.0 Å². The normalized spacial score (nSPS) is 10.6. The third-order valence-electron chi connectivity index (χ3n) is 5.07. The van der Waals surface area contributed by atoms with Crippen LogP contribution in [0.4, 0.5) is 5.69 Å². The van der Waals surface area contributed by atoms with Gasteiger partial charge in [0, 0.05) is 28.7 Å². The number of pyridine rings is 1. The van der Waals surface area contributed by atoms with Crippen LogP contribution in [-0.2, 0) is 0 Å². The van der Waals surface area contributed by atoms with Crippen molar-refractivity contribution in [1.29, 1.82) is 0 Å². The average Bonchev–Trinajstić information content (AvgIpc) is 2.83.